The van der Waals surface area contributed by atoms with Gasteiger partial charge in [0.05, 0.1) is 5.35 Å². The first-order valence-electron chi connectivity index (χ1n) is 28.3. The molecule has 5 aliphatic carbocycles. The number of fused-ring (bicyclic) bond motifs is 9. The SMILES string of the molecule is CCCCCCCC1Sc2c3c4c5c6c7c(c4cc2=C1CCCCC)C=CC(CCCCCC)c7c1cc2cc4c(cc2c2cnc(c6c12)=CC5C=C3)=C1CC2CCC(CCCC)CC2CC1S4. The van der Waals surface area contributed by atoms with Crippen LogP contribution < -0.4 is 15.8 Å². The Morgan fingerprint density at radius 2 is 1.38 bits per heavy atom. The molecular formula is C65H75NS2. The van der Waals surface area contributed by atoms with Crippen LogP contribution in [-0.2, 0) is 0 Å². The number of benzene rings is 5. The van der Waals surface area contributed by atoms with Gasteiger partial charge in [-0.25, -0.2) is 0 Å². The average molecular weight is 934 g/mol. The van der Waals surface area contributed by atoms with Gasteiger partial charge < -0.3 is 0 Å². The van der Waals surface area contributed by atoms with E-state index in [0.717, 1.165) is 17.8 Å². The third-order valence-electron chi connectivity index (χ3n) is 18.8. The zero-order valence-corrected chi connectivity index (χ0v) is 43.5. The van der Waals surface area contributed by atoms with Crippen LogP contribution in [0.4, 0.5) is 0 Å². The highest BCUT2D eigenvalue weighted by Gasteiger charge is 2.41. The zero-order chi connectivity index (χ0) is 45.6. The van der Waals surface area contributed by atoms with E-state index in [0.29, 0.717) is 16.4 Å². The van der Waals surface area contributed by atoms with Crippen LogP contribution in [0.1, 0.15) is 209 Å². The Hall–Kier alpha value is -3.53. The van der Waals surface area contributed by atoms with Gasteiger partial charge in [0.1, 0.15) is 0 Å². The monoisotopic (exact) mass is 934 g/mol. The quantitative estimate of drug-likeness (QED) is 0.0484. The minimum absolute atomic E-state index is 0.247. The maximum Gasteiger partial charge on any atom is 0.0684 e. The van der Waals surface area contributed by atoms with Crippen LogP contribution in [0.2, 0.25) is 0 Å². The van der Waals surface area contributed by atoms with Crippen molar-refractivity contribution in [3.63, 3.8) is 0 Å². The Bertz CT molecular complexity index is 3280. The summed E-state index contributed by atoms with van der Waals surface area (Å²) in [5, 5.41) is 20.6. The van der Waals surface area contributed by atoms with Crippen molar-refractivity contribution in [2.24, 2.45) is 17.8 Å². The van der Waals surface area contributed by atoms with Crippen LogP contribution in [0, 0.1) is 17.8 Å². The van der Waals surface area contributed by atoms with Gasteiger partial charge in [0, 0.05) is 54.5 Å². The number of nitrogens with zero attached hydrogens (tertiary/aromatic N) is 1. The van der Waals surface area contributed by atoms with E-state index < -0.39 is 0 Å². The van der Waals surface area contributed by atoms with E-state index in [1.165, 1.54) is 202 Å². The van der Waals surface area contributed by atoms with Gasteiger partial charge in [-0.15, -0.1) is 23.5 Å². The van der Waals surface area contributed by atoms with Crippen molar-refractivity contribution in [1.82, 2.24) is 4.98 Å². The van der Waals surface area contributed by atoms with Crippen molar-refractivity contribution in [2.75, 3.05) is 0 Å². The van der Waals surface area contributed by atoms with Crippen molar-refractivity contribution in [2.45, 2.75) is 208 Å². The molecule has 7 aliphatic rings. The van der Waals surface area contributed by atoms with Gasteiger partial charge >= 0.3 is 0 Å². The molecule has 2 saturated carbocycles. The van der Waals surface area contributed by atoms with Crippen molar-refractivity contribution < 1.29 is 0 Å². The van der Waals surface area contributed by atoms with Gasteiger partial charge in [-0.1, -0.05) is 148 Å². The van der Waals surface area contributed by atoms with Gasteiger partial charge in [-0.3, -0.25) is 4.98 Å². The lowest BCUT2D eigenvalue weighted by Gasteiger charge is -2.42. The summed E-state index contributed by atoms with van der Waals surface area (Å²) in [4.78, 5) is 8.68. The Balaban J connectivity index is 1.03. The van der Waals surface area contributed by atoms with Crippen molar-refractivity contribution in [1.29, 1.82) is 0 Å². The molecule has 2 aliphatic heterocycles. The van der Waals surface area contributed by atoms with Crippen LogP contribution in [0.5, 0.6) is 0 Å². The minimum Gasteiger partial charge on any atom is -0.256 e. The third kappa shape index (κ3) is 7.09. The molecule has 2 fully saturated rings. The van der Waals surface area contributed by atoms with E-state index in [1.807, 2.05) is 0 Å². The Kier molecular flexibility index (Phi) is 11.9. The van der Waals surface area contributed by atoms with Gasteiger partial charge in [-0.05, 0) is 181 Å². The number of aromatic nitrogens is 1. The van der Waals surface area contributed by atoms with Gasteiger partial charge in [0.15, 0.2) is 0 Å². The van der Waals surface area contributed by atoms with Crippen LogP contribution in [0.3, 0.4) is 0 Å². The summed E-state index contributed by atoms with van der Waals surface area (Å²) in [6.07, 6.45) is 46.4. The molecule has 0 bridgehead atoms. The fourth-order valence-electron chi connectivity index (χ4n) is 15.4. The van der Waals surface area contributed by atoms with Crippen LogP contribution in [0.15, 0.2) is 52.4 Å². The molecule has 0 saturated heterocycles. The molecule has 0 spiro atoms. The first kappa shape index (κ1) is 44.4. The number of rotatable bonds is 18. The molecule has 0 radical (unpaired) electrons. The normalized spacial score (nSPS) is 24.9. The third-order valence-corrected chi connectivity index (χ3v) is 21.6. The molecule has 5 aromatic carbocycles. The van der Waals surface area contributed by atoms with Crippen LogP contribution in [-0.4, -0.2) is 15.5 Å². The first-order valence-corrected chi connectivity index (χ1v) is 30.1. The highest BCUT2D eigenvalue weighted by atomic mass is 32.2. The molecule has 7 atom stereocenters. The van der Waals surface area contributed by atoms with E-state index in [-0.39, 0.29) is 5.92 Å². The fourth-order valence-corrected chi connectivity index (χ4v) is 18.5. The average Bonchev–Trinajstić information content (AvgIpc) is 3.89. The van der Waals surface area contributed by atoms with E-state index in [1.54, 1.807) is 58.7 Å². The summed E-state index contributed by atoms with van der Waals surface area (Å²) in [7, 11) is 0. The summed E-state index contributed by atoms with van der Waals surface area (Å²) in [5.74, 6) is 3.44. The van der Waals surface area contributed by atoms with Crippen LogP contribution >= 0.6 is 23.5 Å². The molecule has 352 valence electrons. The molecular weight excluding hydrogens is 859 g/mol. The van der Waals surface area contributed by atoms with Crippen molar-refractivity contribution >= 4 is 107 Å². The first-order chi connectivity index (χ1) is 33.6. The largest absolute Gasteiger partial charge is 0.256 e. The highest BCUT2D eigenvalue weighted by molar-refractivity contribution is 8.01. The second-order valence-electron chi connectivity index (χ2n) is 23.0. The van der Waals surface area contributed by atoms with Crippen molar-refractivity contribution in [3.05, 3.63) is 80.7 Å². The maximum absolute atomic E-state index is 5.53. The summed E-state index contributed by atoms with van der Waals surface area (Å²) in [5.41, 5.74) is 9.78. The van der Waals surface area contributed by atoms with E-state index in [9.17, 15) is 0 Å². The van der Waals surface area contributed by atoms with Crippen LogP contribution in [0.25, 0.3) is 83.2 Å². The smallest absolute Gasteiger partial charge is 0.0684 e. The molecule has 0 amide bonds. The second kappa shape index (κ2) is 18.3. The second-order valence-corrected chi connectivity index (χ2v) is 25.4. The highest BCUT2D eigenvalue weighted by Crippen LogP contribution is 2.57. The molecule has 1 aromatic heterocycles. The van der Waals surface area contributed by atoms with Gasteiger partial charge in [0.25, 0.3) is 0 Å². The standard InChI is InChI=1S/C65H75NS2/c1-5-9-13-15-18-22-55-44(21-16-11-7-3)51-36-50-45-27-25-39(20-17-14-10-6-2)58-52-31-43-34-57-49(48-30-40-24-23-38(19-12-8-4)29-42(40)33-56(48)67-57)35-47(43)53-37-66-54-32-41-26-28-46(65(51)68-55)60(50)59(41)64(62(45)58)63(54)61(52)53/h25-28,31-32,34-42,55-56H,5-24,29-30,33H2,1-4H3. The Labute approximate surface area is 415 Å². The number of pyridine rings is 1. The predicted octanol–water partition coefficient (Wildman–Crippen LogP) is 17.8. The summed E-state index contributed by atoms with van der Waals surface area (Å²) in [6, 6.07) is 10.8. The van der Waals surface area contributed by atoms with Gasteiger partial charge in [-0.2, -0.15) is 0 Å². The van der Waals surface area contributed by atoms with Gasteiger partial charge in [0.2, 0.25) is 0 Å². The van der Waals surface area contributed by atoms with E-state index >= 15 is 0 Å². The minimum atomic E-state index is 0.247. The molecule has 1 nitrogen and oxygen atoms in total. The van der Waals surface area contributed by atoms with E-state index in [2.05, 4.69) is 112 Å². The number of thioether (sulfide) groups is 2. The predicted molar refractivity (Wildman–Crippen MR) is 300 cm³/mol. The molecule has 3 heteroatoms. The molecule has 68 heavy (non-hydrogen) atoms. The Morgan fingerprint density at radius 3 is 2.25 bits per heavy atom. The number of allylic oxidation sites excluding steroid dienone is 2. The van der Waals surface area contributed by atoms with Crippen molar-refractivity contribution in [3.8, 4) is 0 Å². The summed E-state index contributed by atoms with van der Waals surface area (Å²) >= 11 is 4.47. The Morgan fingerprint density at radius 1 is 0.588 bits per heavy atom. The summed E-state index contributed by atoms with van der Waals surface area (Å²) < 4.78 is 0. The maximum atomic E-state index is 5.53. The molecule has 7 unspecified atom stereocenters. The number of unbranched alkanes of at least 4 members (excludes halogenated alkanes) is 10. The lowest BCUT2D eigenvalue weighted by Crippen LogP contribution is -2.33. The lowest BCUT2D eigenvalue weighted by atomic mass is 9.65. The molecule has 3 heterocycles. The lowest BCUT2D eigenvalue weighted by molar-refractivity contribution is 0.155. The molecule has 6 aromatic rings. The summed E-state index contributed by atoms with van der Waals surface area (Å²) in [6.45, 7) is 9.44. The van der Waals surface area contributed by atoms with E-state index in [4.69, 9.17) is 4.98 Å². The topological polar surface area (TPSA) is 12.9 Å². The number of hydrogen-bond donors (Lipinski definition) is 0. The fraction of sp³-hybridized carbons (Fsp3) is 0.523. The molecule has 13 rings (SSSR count). The zero-order valence-electron chi connectivity index (χ0n) is 41.8. The molecule has 0 N–H and O–H groups in total. The number of hydrogen-bond acceptors (Lipinski definition) is 3.